The summed E-state index contributed by atoms with van der Waals surface area (Å²) in [5, 5.41) is 2.97. The SMILES string of the molecule is CCOc1ccccc1C(C)Nc1c(F)cc(F)cc1Cl. The highest BCUT2D eigenvalue weighted by Crippen LogP contribution is 2.32. The van der Waals surface area contributed by atoms with E-state index in [2.05, 4.69) is 5.32 Å². The normalized spacial score (nSPS) is 12.0. The topological polar surface area (TPSA) is 21.3 Å². The van der Waals surface area contributed by atoms with Gasteiger partial charge in [0.25, 0.3) is 0 Å². The lowest BCUT2D eigenvalue weighted by Crippen LogP contribution is -2.10. The number of rotatable bonds is 5. The zero-order valence-corrected chi connectivity index (χ0v) is 12.5. The zero-order chi connectivity index (χ0) is 15.4. The van der Waals surface area contributed by atoms with Gasteiger partial charge in [-0.25, -0.2) is 8.78 Å². The third-order valence-electron chi connectivity index (χ3n) is 3.05. The molecule has 2 aromatic rings. The number of benzene rings is 2. The molecule has 0 aliphatic rings. The van der Waals surface area contributed by atoms with E-state index >= 15 is 0 Å². The zero-order valence-electron chi connectivity index (χ0n) is 11.8. The second-order valence-electron chi connectivity index (χ2n) is 4.58. The summed E-state index contributed by atoms with van der Waals surface area (Å²) >= 11 is 5.89. The van der Waals surface area contributed by atoms with Crippen LogP contribution >= 0.6 is 11.6 Å². The summed E-state index contributed by atoms with van der Waals surface area (Å²) in [6, 6.07) is 9.11. The second kappa shape index (κ2) is 6.76. The lowest BCUT2D eigenvalue weighted by molar-refractivity contribution is 0.335. The van der Waals surface area contributed by atoms with E-state index < -0.39 is 11.6 Å². The van der Waals surface area contributed by atoms with Crippen LogP contribution in [0.25, 0.3) is 0 Å². The highest BCUT2D eigenvalue weighted by atomic mass is 35.5. The van der Waals surface area contributed by atoms with Crippen LogP contribution in [0.15, 0.2) is 36.4 Å². The molecular formula is C16H16ClF2NO. The molecule has 0 aromatic heterocycles. The molecule has 2 aromatic carbocycles. The van der Waals surface area contributed by atoms with Gasteiger partial charge in [-0.2, -0.15) is 0 Å². The highest BCUT2D eigenvalue weighted by molar-refractivity contribution is 6.33. The number of hydrogen-bond acceptors (Lipinski definition) is 2. The first kappa shape index (κ1) is 15.6. The Morgan fingerprint density at radius 1 is 1.24 bits per heavy atom. The van der Waals surface area contributed by atoms with Crippen molar-refractivity contribution < 1.29 is 13.5 Å². The number of para-hydroxylation sites is 1. The van der Waals surface area contributed by atoms with Gasteiger partial charge >= 0.3 is 0 Å². The number of halogens is 3. The van der Waals surface area contributed by atoms with Crippen LogP contribution in [0.2, 0.25) is 5.02 Å². The monoisotopic (exact) mass is 311 g/mol. The van der Waals surface area contributed by atoms with E-state index in [0.29, 0.717) is 6.61 Å². The van der Waals surface area contributed by atoms with Crippen molar-refractivity contribution in [2.75, 3.05) is 11.9 Å². The van der Waals surface area contributed by atoms with Crippen molar-refractivity contribution in [2.24, 2.45) is 0 Å². The van der Waals surface area contributed by atoms with Crippen LogP contribution in [0.4, 0.5) is 14.5 Å². The molecule has 0 aliphatic carbocycles. The Morgan fingerprint density at radius 2 is 1.95 bits per heavy atom. The Balaban J connectivity index is 2.28. The number of nitrogens with one attached hydrogen (secondary N) is 1. The maximum Gasteiger partial charge on any atom is 0.150 e. The van der Waals surface area contributed by atoms with Gasteiger partial charge in [-0.1, -0.05) is 29.8 Å². The number of anilines is 1. The van der Waals surface area contributed by atoms with Crippen LogP contribution in [0.1, 0.15) is 25.5 Å². The summed E-state index contributed by atoms with van der Waals surface area (Å²) in [6.07, 6.45) is 0. The Morgan fingerprint density at radius 3 is 2.62 bits per heavy atom. The minimum atomic E-state index is -0.722. The first-order valence-electron chi connectivity index (χ1n) is 6.65. The summed E-state index contributed by atoms with van der Waals surface area (Å²) in [5.41, 5.74) is 0.955. The third kappa shape index (κ3) is 3.64. The van der Waals surface area contributed by atoms with Crippen molar-refractivity contribution in [3.8, 4) is 5.75 Å². The van der Waals surface area contributed by atoms with E-state index in [1.165, 1.54) is 0 Å². The Bertz CT molecular complexity index is 610. The molecule has 0 saturated carbocycles. The van der Waals surface area contributed by atoms with E-state index in [0.717, 1.165) is 23.4 Å². The molecule has 1 atom stereocenters. The van der Waals surface area contributed by atoms with Crippen LogP contribution in [-0.2, 0) is 0 Å². The molecule has 1 N–H and O–H groups in total. The van der Waals surface area contributed by atoms with Crippen molar-refractivity contribution in [3.05, 3.63) is 58.6 Å². The molecule has 0 bridgehead atoms. The van der Waals surface area contributed by atoms with Gasteiger partial charge in [-0.15, -0.1) is 0 Å². The van der Waals surface area contributed by atoms with Gasteiger partial charge in [0, 0.05) is 11.6 Å². The molecule has 2 rings (SSSR count). The molecule has 0 radical (unpaired) electrons. The average molecular weight is 312 g/mol. The van der Waals surface area contributed by atoms with Crippen LogP contribution < -0.4 is 10.1 Å². The van der Waals surface area contributed by atoms with E-state index in [9.17, 15) is 8.78 Å². The number of hydrogen-bond donors (Lipinski definition) is 1. The van der Waals surface area contributed by atoms with Crippen molar-refractivity contribution in [2.45, 2.75) is 19.9 Å². The maximum atomic E-state index is 13.8. The minimum Gasteiger partial charge on any atom is -0.494 e. The van der Waals surface area contributed by atoms with Crippen molar-refractivity contribution in [1.82, 2.24) is 0 Å². The quantitative estimate of drug-likeness (QED) is 0.820. The summed E-state index contributed by atoms with van der Waals surface area (Å²) < 4.78 is 32.4. The van der Waals surface area contributed by atoms with Gasteiger partial charge in [-0.05, 0) is 26.0 Å². The maximum absolute atomic E-state index is 13.8. The first-order valence-corrected chi connectivity index (χ1v) is 7.03. The van der Waals surface area contributed by atoms with Crippen LogP contribution in [0.3, 0.4) is 0 Å². The highest BCUT2D eigenvalue weighted by Gasteiger charge is 2.16. The van der Waals surface area contributed by atoms with Crippen LogP contribution in [0, 0.1) is 11.6 Å². The molecule has 0 aliphatic heterocycles. The van der Waals surface area contributed by atoms with Crippen LogP contribution in [-0.4, -0.2) is 6.61 Å². The predicted molar refractivity (Wildman–Crippen MR) is 81.0 cm³/mol. The van der Waals surface area contributed by atoms with Crippen molar-refractivity contribution in [3.63, 3.8) is 0 Å². The lowest BCUT2D eigenvalue weighted by atomic mass is 10.1. The summed E-state index contributed by atoms with van der Waals surface area (Å²) in [4.78, 5) is 0. The molecule has 2 nitrogen and oxygen atoms in total. The molecule has 112 valence electrons. The smallest absolute Gasteiger partial charge is 0.150 e. The van der Waals surface area contributed by atoms with Gasteiger partial charge < -0.3 is 10.1 Å². The fourth-order valence-corrected chi connectivity index (χ4v) is 2.35. The van der Waals surface area contributed by atoms with Crippen molar-refractivity contribution in [1.29, 1.82) is 0 Å². The molecule has 0 amide bonds. The molecule has 5 heteroatoms. The molecule has 0 saturated heterocycles. The van der Waals surface area contributed by atoms with E-state index in [1.54, 1.807) is 0 Å². The van der Waals surface area contributed by atoms with E-state index in [4.69, 9.17) is 16.3 Å². The third-order valence-corrected chi connectivity index (χ3v) is 3.35. The summed E-state index contributed by atoms with van der Waals surface area (Å²) in [5.74, 6) is -0.704. The first-order chi connectivity index (χ1) is 10.0. The van der Waals surface area contributed by atoms with Gasteiger partial charge in [0.1, 0.15) is 11.6 Å². The molecule has 1 unspecified atom stereocenters. The van der Waals surface area contributed by atoms with E-state index in [-0.39, 0.29) is 16.8 Å². The van der Waals surface area contributed by atoms with Crippen LogP contribution in [0.5, 0.6) is 5.75 Å². The van der Waals surface area contributed by atoms with Crippen molar-refractivity contribution >= 4 is 17.3 Å². The number of ether oxygens (including phenoxy) is 1. The van der Waals surface area contributed by atoms with Gasteiger partial charge in [0.15, 0.2) is 5.82 Å². The second-order valence-corrected chi connectivity index (χ2v) is 4.99. The standard InChI is InChI=1S/C16H16ClF2NO/c1-3-21-15-7-5-4-6-12(15)10(2)20-16-13(17)8-11(18)9-14(16)19/h4-10,20H,3H2,1-2H3. The Hall–Kier alpha value is -1.81. The van der Waals surface area contributed by atoms with Gasteiger partial charge in [-0.3, -0.25) is 0 Å². The molecule has 0 fully saturated rings. The Kier molecular flexibility index (Phi) is 5.02. The lowest BCUT2D eigenvalue weighted by Gasteiger charge is -2.20. The fraction of sp³-hybridized carbons (Fsp3) is 0.250. The minimum absolute atomic E-state index is 0.00763. The fourth-order valence-electron chi connectivity index (χ4n) is 2.10. The molecular weight excluding hydrogens is 296 g/mol. The van der Waals surface area contributed by atoms with E-state index in [1.807, 2.05) is 38.1 Å². The molecule has 0 spiro atoms. The van der Waals surface area contributed by atoms with Gasteiger partial charge in [0.05, 0.1) is 23.4 Å². The largest absolute Gasteiger partial charge is 0.494 e. The Labute approximate surface area is 127 Å². The van der Waals surface area contributed by atoms with Gasteiger partial charge in [0.2, 0.25) is 0 Å². The summed E-state index contributed by atoms with van der Waals surface area (Å²) in [7, 11) is 0. The molecule has 21 heavy (non-hydrogen) atoms. The molecule has 0 heterocycles. The average Bonchev–Trinajstić information content (AvgIpc) is 2.43. The predicted octanol–water partition coefficient (Wildman–Crippen LogP) is 5.19. The summed E-state index contributed by atoms with van der Waals surface area (Å²) in [6.45, 7) is 4.29.